The summed E-state index contributed by atoms with van der Waals surface area (Å²) in [6.45, 7) is 10.0. The molecule has 1 atom stereocenters. The summed E-state index contributed by atoms with van der Waals surface area (Å²) in [5.41, 5.74) is 2.75. The van der Waals surface area contributed by atoms with Crippen LogP contribution in [0.4, 0.5) is 5.69 Å². The van der Waals surface area contributed by atoms with E-state index in [-0.39, 0.29) is 5.91 Å². The molecule has 1 aromatic carbocycles. The first-order valence-electron chi connectivity index (χ1n) is 7.18. The van der Waals surface area contributed by atoms with E-state index in [0.717, 1.165) is 27.7 Å². The minimum Gasteiger partial charge on any atom is -0.479 e. The van der Waals surface area contributed by atoms with Crippen molar-refractivity contribution in [3.8, 4) is 17.0 Å². The Balaban J connectivity index is 2.10. The zero-order valence-electron chi connectivity index (χ0n) is 12.9. The van der Waals surface area contributed by atoms with E-state index >= 15 is 0 Å². The van der Waals surface area contributed by atoms with Gasteiger partial charge in [-0.3, -0.25) is 4.79 Å². The summed E-state index contributed by atoms with van der Waals surface area (Å²) in [5, 5.41) is 1.04. The van der Waals surface area contributed by atoms with Gasteiger partial charge in [0.2, 0.25) is 0 Å². The second-order valence-electron chi connectivity index (χ2n) is 5.32. The molecule has 1 unspecified atom stereocenters. The summed E-state index contributed by atoms with van der Waals surface area (Å²) in [6.07, 6.45) is 1.26. The zero-order valence-corrected chi connectivity index (χ0v) is 13.7. The van der Waals surface area contributed by atoms with Crippen LogP contribution in [0, 0.1) is 13.8 Å². The lowest BCUT2D eigenvalue weighted by atomic mass is 10.1. The number of hydrogen-bond acceptors (Lipinski definition) is 4. The van der Waals surface area contributed by atoms with E-state index in [1.54, 1.807) is 29.2 Å². The maximum atomic E-state index is 12.3. The Morgan fingerprint density at radius 1 is 1.45 bits per heavy atom. The Hall–Kier alpha value is -2.14. The van der Waals surface area contributed by atoms with Crippen LogP contribution in [0.1, 0.15) is 16.8 Å². The number of amides is 1. The molecule has 0 saturated carbocycles. The summed E-state index contributed by atoms with van der Waals surface area (Å²) in [5.74, 6) is 0.679. The van der Waals surface area contributed by atoms with E-state index in [2.05, 4.69) is 18.5 Å². The Labute approximate surface area is 134 Å². The van der Waals surface area contributed by atoms with Gasteiger partial charge in [-0.2, -0.15) is 0 Å². The van der Waals surface area contributed by atoms with Gasteiger partial charge in [0.05, 0.1) is 16.4 Å². The van der Waals surface area contributed by atoms with E-state index in [0.29, 0.717) is 6.54 Å². The van der Waals surface area contributed by atoms with Crippen LogP contribution in [0.5, 0.6) is 5.75 Å². The van der Waals surface area contributed by atoms with Crippen LogP contribution >= 0.6 is 11.3 Å². The molecule has 1 amide bonds. The SMILES string of the molecule is C=CCN1C(=O)C(C)Oc2ccc(-c3nc(C)sc3C)cc21. The maximum absolute atomic E-state index is 12.3. The van der Waals surface area contributed by atoms with Gasteiger partial charge in [0.15, 0.2) is 6.10 Å². The number of anilines is 1. The fourth-order valence-corrected chi connectivity index (χ4v) is 3.51. The van der Waals surface area contributed by atoms with Crippen LogP contribution in [0.2, 0.25) is 0 Å². The monoisotopic (exact) mass is 314 g/mol. The standard InChI is InChI=1S/C17H18N2O2S/c1-5-8-19-14-9-13(16-11(3)22-12(4)18-16)6-7-15(14)21-10(2)17(19)20/h5-7,9-10H,1,8H2,2-4H3. The number of aryl methyl sites for hydroxylation is 2. The van der Waals surface area contributed by atoms with Crippen LogP contribution < -0.4 is 9.64 Å². The highest BCUT2D eigenvalue weighted by Gasteiger charge is 2.31. The number of nitrogens with zero attached hydrogens (tertiary/aromatic N) is 2. The predicted octanol–water partition coefficient (Wildman–Crippen LogP) is 3.73. The molecule has 1 aromatic heterocycles. The van der Waals surface area contributed by atoms with Crippen molar-refractivity contribution in [3.05, 3.63) is 40.7 Å². The van der Waals surface area contributed by atoms with Crippen LogP contribution in [0.25, 0.3) is 11.3 Å². The topological polar surface area (TPSA) is 42.4 Å². The van der Waals surface area contributed by atoms with Crippen LogP contribution in [0.15, 0.2) is 30.9 Å². The predicted molar refractivity (Wildman–Crippen MR) is 89.7 cm³/mol. The highest BCUT2D eigenvalue weighted by molar-refractivity contribution is 7.11. The van der Waals surface area contributed by atoms with Crippen molar-refractivity contribution in [1.82, 2.24) is 4.98 Å². The van der Waals surface area contributed by atoms with E-state index in [1.165, 1.54) is 4.88 Å². The van der Waals surface area contributed by atoms with Crippen molar-refractivity contribution in [2.75, 3.05) is 11.4 Å². The second kappa shape index (κ2) is 5.57. The molecule has 2 aromatic rings. The molecule has 1 aliphatic heterocycles. The van der Waals surface area contributed by atoms with Crippen molar-refractivity contribution in [2.45, 2.75) is 26.9 Å². The fourth-order valence-electron chi connectivity index (χ4n) is 2.67. The van der Waals surface area contributed by atoms with Crippen molar-refractivity contribution < 1.29 is 9.53 Å². The summed E-state index contributed by atoms with van der Waals surface area (Å²) in [4.78, 5) is 19.8. The summed E-state index contributed by atoms with van der Waals surface area (Å²) >= 11 is 1.67. The number of carbonyl (C=O) groups excluding carboxylic acids is 1. The Kier molecular flexibility index (Phi) is 3.74. The smallest absolute Gasteiger partial charge is 0.268 e. The first kappa shape index (κ1) is 14.8. The van der Waals surface area contributed by atoms with E-state index in [9.17, 15) is 4.79 Å². The Bertz CT molecular complexity index is 751. The first-order chi connectivity index (χ1) is 10.5. The summed E-state index contributed by atoms with van der Waals surface area (Å²) < 4.78 is 5.70. The maximum Gasteiger partial charge on any atom is 0.268 e. The molecular weight excluding hydrogens is 296 g/mol. The molecule has 0 radical (unpaired) electrons. The minimum atomic E-state index is -0.471. The van der Waals surface area contributed by atoms with Gasteiger partial charge < -0.3 is 9.64 Å². The second-order valence-corrected chi connectivity index (χ2v) is 6.73. The molecule has 1 aliphatic rings. The lowest BCUT2D eigenvalue weighted by Gasteiger charge is -2.32. The third-order valence-electron chi connectivity index (χ3n) is 3.66. The normalized spacial score (nSPS) is 17.1. The molecule has 2 heterocycles. The zero-order chi connectivity index (χ0) is 15.9. The van der Waals surface area contributed by atoms with Gasteiger partial charge in [0.25, 0.3) is 5.91 Å². The lowest BCUT2D eigenvalue weighted by Crippen LogP contribution is -2.44. The fraction of sp³-hybridized carbons (Fsp3) is 0.294. The number of aromatic nitrogens is 1. The number of hydrogen-bond donors (Lipinski definition) is 0. The molecule has 0 bridgehead atoms. The van der Waals surface area contributed by atoms with Crippen molar-refractivity contribution in [3.63, 3.8) is 0 Å². The van der Waals surface area contributed by atoms with Crippen molar-refractivity contribution in [1.29, 1.82) is 0 Å². The highest BCUT2D eigenvalue weighted by Crippen LogP contribution is 2.38. The first-order valence-corrected chi connectivity index (χ1v) is 8.00. The molecule has 0 spiro atoms. The minimum absolute atomic E-state index is 0.0456. The van der Waals surface area contributed by atoms with Crippen LogP contribution in [-0.2, 0) is 4.79 Å². The molecule has 5 heteroatoms. The average Bonchev–Trinajstić information content (AvgIpc) is 2.82. The third-order valence-corrected chi connectivity index (χ3v) is 4.54. The lowest BCUT2D eigenvalue weighted by molar-refractivity contribution is -0.125. The molecule has 0 aliphatic carbocycles. The van der Waals surface area contributed by atoms with E-state index in [4.69, 9.17) is 4.74 Å². The summed E-state index contributed by atoms with van der Waals surface area (Å²) in [7, 11) is 0. The van der Waals surface area contributed by atoms with E-state index in [1.807, 2.05) is 25.1 Å². The number of rotatable bonds is 3. The Morgan fingerprint density at radius 3 is 2.86 bits per heavy atom. The van der Waals surface area contributed by atoms with Crippen LogP contribution in [0.3, 0.4) is 0 Å². The number of fused-ring (bicyclic) bond motifs is 1. The van der Waals surface area contributed by atoms with Gasteiger partial charge in [-0.25, -0.2) is 4.98 Å². The van der Waals surface area contributed by atoms with Gasteiger partial charge in [-0.1, -0.05) is 6.08 Å². The number of benzene rings is 1. The third kappa shape index (κ3) is 2.41. The van der Waals surface area contributed by atoms with E-state index < -0.39 is 6.10 Å². The quantitative estimate of drug-likeness (QED) is 0.811. The van der Waals surface area contributed by atoms with Crippen LogP contribution in [-0.4, -0.2) is 23.5 Å². The molecule has 22 heavy (non-hydrogen) atoms. The van der Waals surface area contributed by atoms with Crippen molar-refractivity contribution >= 4 is 22.9 Å². The molecule has 0 N–H and O–H groups in total. The molecule has 0 fully saturated rings. The van der Waals surface area contributed by atoms with Gasteiger partial charge in [0.1, 0.15) is 5.75 Å². The number of ether oxygens (including phenoxy) is 1. The Morgan fingerprint density at radius 2 is 2.23 bits per heavy atom. The van der Waals surface area contributed by atoms with Gasteiger partial charge >= 0.3 is 0 Å². The highest BCUT2D eigenvalue weighted by atomic mass is 32.1. The molecule has 0 saturated heterocycles. The van der Waals surface area contributed by atoms with Gasteiger partial charge in [-0.15, -0.1) is 17.9 Å². The molecule has 3 rings (SSSR count). The number of carbonyl (C=O) groups is 1. The number of thiazole rings is 1. The summed E-state index contributed by atoms with van der Waals surface area (Å²) in [6, 6.07) is 5.89. The van der Waals surface area contributed by atoms with Crippen molar-refractivity contribution in [2.24, 2.45) is 0 Å². The molecular formula is C17H18N2O2S. The van der Waals surface area contributed by atoms with Gasteiger partial charge in [-0.05, 0) is 39.0 Å². The molecule has 4 nitrogen and oxygen atoms in total. The van der Waals surface area contributed by atoms with Gasteiger partial charge in [0, 0.05) is 17.0 Å². The average molecular weight is 314 g/mol. The molecule has 114 valence electrons. The largest absolute Gasteiger partial charge is 0.479 e.